The van der Waals surface area contributed by atoms with E-state index < -0.39 is 72.2 Å². The Hall–Kier alpha value is -1.73. The SMILES string of the molecule is CC(C)C(C)(CC(C)(C)C)C(=O)OC1C2OC2OC2C3OCC4=CC(C)(C(F)(F)F)OC(=O)C(CCOC3OC12)C4. The van der Waals surface area contributed by atoms with Gasteiger partial charge >= 0.3 is 18.1 Å². The zero-order chi connectivity index (χ0) is 30.1. The summed E-state index contributed by atoms with van der Waals surface area (Å²) in [5, 5.41) is 0. The van der Waals surface area contributed by atoms with Gasteiger partial charge in [-0.2, -0.15) is 13.2 Å². The second kappa shape index (κ2) is 10.5. The molecular weight excluding hydrogens is 549 g/mol. The van der Waals surface area contributed by atoms with Crippen LogP contribution in [-0.4, -0.2) is 80.0 Å². The molecule has 5 aliphatic rings. The third-order valence-electron chi connectivity index (χ3n) is 8.92. The van der Waals surface area contributed by atoms with Gasteiger partial charge in [-0.1, -0.05) is 34.6 Å². The zero-order valence-corrected chi connectivity index (χ0v) is 24.6. The summed E-state index contributed by atoms with van der Waals surface area (Å²) in [7, 11) is 0. The number of ether oxygens (including phenoxy) is 7. The van der Waals surface area contributed by atoms with E-state index in [1.54, 1.807) is 0 Å². The maximum absolute atomic E-state index is 13.9. The molecule has 0 N–H and O–H groups in total. The van der Waals surface area contributed by atoms with Crippen LogP contribution in [-0.2, 0) is 42.7 Å². The lowest BCUT2D eigenvalue weighted by Crippen LogP contribution is -2.52. The Kier molecular flexibility index (Phi) is 7.84. The van der Waals surface area contributed by atoms with Gasteiger partial charge in [-0.25, -0.2) is 0 Å². The summed E-state index contributed by atoms with van der Waals surface area (Å²) in [6.45, 7) is 12.8. The fourth-order valence-electron chi connectivity index (χ4n) is 6.34. The summed E-state index contributed by atoms with van der Waals surface area (Å²) in [5.74, 6) is -2.11. The Labute approximate surface area is 238 Å². The molecule has 10 unspecified atom stereocenters. The molecule has 0 amide bonds. The number of alkyl halides is 3. The molecule has 0 aromatic heterocycles. The number of cyclic esters (lactones) is 1. The van der Waals surface area contributed by atoms with Crippen molar-refractivity contribution in [2.45, 2.75) is 123 Å². The molecule has 5 aliphatic heterocycles. The summed E-state index contributed by atoms with van der Waals surface area (Å²) >= 11 is 0. The molecule has 2 bridgehead atoms. The van der Waals surface area contributed by atoms with Crippen molar-refractivity contribution in [1.29, 1.82) is 0 Å². The number of esters is 2. The summed E-state index contributed by atoms with van der Waals surface area (Å²) in [6, 6.07) is 0. The minimum absolute atomic E-state index is 0.00448. The van der Waals surface area contributed by atoms with Gasteiger partial charge in [0.2, 0.25) is 5.60 Å². The van der Waals surface area contributed by atoms with Crippen LogP contribution in [0.3, 0.4) is 0 Å². The molecule has 41 heavy (non-hydrogen) atoms. The van der Waals surface area contributed by atoms with Gasteiger partial charge in [-0.3, -0.25) is 9.59 Å². The summed E-state index contributed by atoms with van der Waals surface area (Å²) in [6.07, 6.45) is -8.27. The van der Waals surface area contributed by atoms with Crippen molar-refractivity contribution in [3.8, 4) is 0 Å². The number of carbonyl (C=O) groups excluding carboxylic acids is 2. The molecule has 4 saturated heterocycles. The predicted molar refractivity (Wildman–Crippen MR) is 136 cm³/mol. The van der Waals surface area contributed by atoms with Crippen molar-refractivity contribution in [3.05, 3.63) is 11.6 Å². The van der Waals surface area contributed by atoms with E-state index >= 15 is 0 Å². The summed E-state index contributed by atoms with van der Waals surface area (Å²) < 4.78 is 82.7. The van der Waals surface area contributed by atoms with Crippen molar-refractivity contribution in [1.82, 2.24) is 0 Å². The number of hydrogen-bond acceptors (Lipinski definition) is 9. The first kappa shape index (κ1) is 30.7. The maximum atomic E-state index is 13.9. The summed E-state index contributed by atoms with van der Waals surface area (Å²) in [4.78, 5) is 26.3. The van der Waals surface area contributed by atoms with Gasteiger partial charge < -0.3 is 33.2 Å². The fraction of sp³-hybridized carbons (Fsp3) is 0.862. The van der Waals surface area contributed by atoms with E-state index in [1.807, 2.05) is 20.8 Å². The standard InChI is InChI=1S/C29H41F3O9/c1-14(2)27(6,13-26(3,4)5)25(34)40-19-17-18(38-24-21(19)39-24)20-23(37-17)35-9-8-16-10-15(12-36-20)11-28(7,29(30,31)32)41-22(16)33/h11,14,16-21,23-24H,8-10,12-13H2,1-7H3. The van der Waals surface area contributed by atoms with Crippen LogP contribution in [0.5, 0.6) is 0 Å². The van der Waals surface area contributed by atoms with Gasteiger partial charge in [-0.05, 0) is 56.1 Å². The second-order valence-corrected chi connectivity index (χ2v) is 13.9. The lowest BCUT2D eigenvalue weighted by molar-refractivity contribution is -0.247. The van der Waals surface area contributed by atoms with Crippen molar-refractivity contribution in [2.24, 2.45) is 22.7 Å². The molecule has 5 rings (SSSR count). The monoisotopic (exact) mass is 590 g/mol. The van der Waals surface area contributed by atoms with Gasteiger partial charge in [0.25, 0.3) is 0 Å². The summed E-state index contributed by atoms with van der Waals surface area (Å²) in [5.41, 5.74) is -3.36. The van der Waals surface area contributed by atoms with Crippen molar-refractivity contribution >= 4 is 11.9 Å². The van der Waals surface area contributed by atoms with Crippen molar-refractivity contribution in [3.63, 3.8) is 0 Å². The first-order valence-corrected chi connectivity index (χ1v) is 14.3. The average molecular weight is 591 g/mol. The largest absolute Gasteiger partial charge is 0.456 e. The second-order valence-electron chi connectivity index (χ2n) is 13.9. The number of rotatable bonds is 4. The molecule has 12 heteroatoms. The highest BCUT2D eigenvalue weighted by atomic mass is 19.4. The predicted octanol–water partition coefficient (Wildman–Crippen LogP) is 4.46. The zero-order valence-electron chi connectivity index (χ0n) is 24.6. The first-order chi connectivity index (χ1) is 18.9. The molecule has 0 aromatic rings. The Morgan fingerprint density at radius 3 is 2.32 bits per heavy atom. The van der Waals surface area contributed by atoms with Crippen molar-refractivity contribution < 1.29 is 55.9 Å². The molecule has 9 nitrogen and oxygen atoms in total. The van der Waals surface area contributed by atoms with Crippen LogP contribution >= 0.6 is 0 Å². The lowest BCUT2D eigenvalue weighted by atomic mass is 9.68. The molecular formula is C29H41F3O9. The number of carbonyl (C=O) groups is 2. The quantitative estimate of drug-likeness (QED) is 0.267. The van der Waals surface area contributed by atoms with E-state index in [2.05, 4.69) is 20.8 Å². The number of fused-ring (bicyclic) bond motifs is 6. The van der Waals surface area contributed by atoms with Gasteiger partial charge in [0, 0.05) is 0 Å². The minimum atomic E-state index is -4.80. The third-order valence-corrected chi connectivity index (χ3v) is 8.92. The van der Waals surface area contributed by atoms with Crippen LogP contribution in [0.4, 0.5) is 13.2 Å². The highest BCUT2D eigenvalue weighted by Gasteiger charge is 2.66. The molecule has 0 saturated carbocycles. The van der Waals surface area contributed by atoms with Gasteiger partial charge in [0.1, 0.15) is 18.3 Å². The van der Waals surface area contributed by atoms with E-state index in [-0.39, 0.29) is 43.4 Å². The van der Waals surface area contributed by atoms with Gasteiger partial charge in [0.05, 0.1) is 24.5 Å². The molecule has 0 spiro atoms. The van der Waals surface area contributed by atoms with Gasteiger partial charge in [-0.15, -0.1) is 0 Å². The highest BCUT2D eigenvalue weighted by molar-refractivity contribution is 5.77. The van der Waals surface area contributed by atoms with Crippen LogP contribution in [0.15, 0.2) is 11.6 Å². The van der Waals surface area contributed by atoms with Crippen molar-refractivity contribution in [2.75, 3.05) is 13.2 Å². The number of hydrogen-bond donors (Lipinski definition) is 0. The normalized spacial score (nSPS) is 40.7. The molecule has 0 aliphatic carbocycles. The smallest absolute Gasteiger partial charge is 0.431 e. The van der Waals surface area contributed by atoms with E-state index in [4.69, 9.17) is 33.2 Å². The highest BCUT2D eigenvalue weighted by Crippen LogP contribution is 2.48. The van der Waals surface area contributed by atoms with Crippen LogP contribution in [0, 0.1) is 22.7 Å². The molecule has 4 fully saturated rings. The molecule has 0 aromatic carbocycles. The topological polar surface area (TPSA) is 102 Å². The maximum Gasteiger partial charge on any atom is 0.431 e. The van der Waals surface area contributed by atoms with Crippen LogP contribution in [0.1, 0.15) is 67.7 Å². The van der Waals surface area contributed by atoms with E-state index in [0.29, 0.717) is 12.0 Å². The Balaban J connectivity index is 1.37. The Morgan fingerprint density at radius 1 is 1.02 bits per heavy atom. The van der Waals surface area contributed by atoms with Crippen LogP contribution in [0.25, 0.3) is 0 Å². The van der Waals surface area contributed by atoms with E-state index in [9.17, 15) is 22.8 Å². The number of halogens is 3. The van der Waals surface area contributed by atoms with E-state index in [1.165, 1.54) is 0 Å². The average Bonchev–Trinajstić information content (AvgIpc) is 3.55. The molecule has 5 heterocycles. The molecule has 232 valence electrons. The minimum Gasteiger partial charge on any atom is -0.456 e. The van der Waals surface area contributed by atoms with Crippen LogP contribution < -0.4 is 0 Å². The fourth-order valence-corrected chi connectivity index (χ4v) is 6.34. The van der Waals surface area contributed by atoms with Gasteiger partial charge in [0.15, 0.2) is 24.8 Å². The Morgan fingerprint density at radius 2 is 1.68 bits per heavy atom. The Bertz CT molecular complexity index is 1070. The van der Waals surface area contributed by atoms with Crippen LogP contribution in [0.2, 0.25) is 0 Å². The van der Waals surface area contributed by atoms with E-state index in [0.717, 1.165) is 13.0 Å². The third kappa shape index (κ3) is 5.91. The molecule has 10 atom stereocenters. The number of epoxide rings is 1. The molecule has 0 radical (unpaired) electrons. The lowest BCUT2D eigenvalue weighted by Gasteiger charge is -2.39. The first-order valence-electron chi connectivity index (χ1n) is 14.3.